The normalized spacial score (nSPS) is 11.3. The van der Waals surface area contributed by atoms with Crippen molar-refractivity contribution in [3.05, 3.63) is 89.5 Å². The van der Waals surface area contributed by atoms with E-state index < -0.39 is 16.0 Å². The van der Waals surface area contributed by atoms with Crippen LogP contribution in [0.5, 0.6) is 11.5 Å². The van der Waals surface area contributed by atoms with Crippen molar-refractivity contribution in [2.75, 3.05) is 6.61 Å². The lowest BCUT2D eigenvalue weighted by atomic mass is 10.2. The quantitative estimate of drug-likeness (QED) is 0.154. The SMILES string of the molecule is CCCCOc1ccc(C(=O)Oc2ccc(/C=N\NS(=O)(=O)c3ccc(C)cc3)cc2)cc1. The van der Waals surface area contributed by atoms with Crippen LogP contribution in [0.2, 0.25) is 0 Å². The van der Waals surface area contributed by atoms with E-state index >= 15 is 0 Å². The van der Waals surface area contributed by atoms with E-state index in [0.29, 0.717) is 29.2 Å². The molecule has 0 heterocycles. The van der Waals surface area contributed by atoms with Crippen molar-refractivity contribution < 1.29 is 22.7 Å². The number of aryl methyl sites for hydroxylation is 1. The highest BCUT2D eigenvalue weighted by Gasteiger charge is 2.12. The Labute approximate surface area is 194 Å². The van der Waals surface area contributed by atoms with Crippen LogP contribution in [0.1, 0.15) is 41.3 Å². The summed E-state index contributed by atoms with van der Waals surface area (Å²) in [6.07, 6.45) is 3.40. The van der Waals surface area contributed by atoms with Gasteiger partial charge in [0.1, 0.15) is 11.5 Å². The molecule has 8 heteroatoms. The first-order valence-electron chi connectivity index (χ1n) is 10.5. The van der Waals surface area contributed by atoms with E-state index in [2.05, 4.69) is 16.9 Å². The highest BCUT2D eigenvalue weighted by Crippen LogP contribution is 2.17. The topological polar surface area (TPSA) is 94.1 Å². The standard InChI is InChI=1S/C25H26N2O5S/c1-3-4-17-31-22-13-9-21(10-14-22)25(28)32-23-11-7-20(8-12-23)18-26-27-33(29,30)24-15-5-19(2)6-16-24/h5-16,18,27H,3-4,17H2,1-2H3/b26-18-. The fourth-order valence-corrected chi connectivity index (χ4v) is 3.54. The van der Waals surface area contributed by atoms with Gasteiger partial charge in [-0.05, 0) is 79.6 Å². The van der Waals surface area contributed by atoms with Crippen molar-refractivity contribution in [1.29, 1.82) is 0 Å². The van der Waals surface area contributed by atoms with Gasteiger partial charge in [-0.25, -0.2) is 9.63 Å². The summed E-state index contributed by atoms with van der Waals surface area (Å²) < 4.78 is 35.5. The molecule has 0 aliphatic rings. The zero-order chi connectivity index (χ0) is 23.7. The number of hydrogen-bond acceptors (Lipinski definition) is 6. The van der Waals surface area contributed by atoms with E-state index in [9.17, 15) is 13.2 Å². The summed E-state index contributed by atoms with van der Waals surface area (Å²) in [5.74, 6) is 0.588. The Morgan fingerprint density at radius 2 is 1.58 bits per heavy atom. The highest BCUT2D eigenvalue weighted by atomic mass is 32.2. The summed E-state index contributed by atoms with van der Waals surface area (Å²) in [5, 5.41) is 3.80. The molecule has 0 fully saturated rings. The van der Waals surface area contributed by atoms with E-state index in [0.717, 1.165) is 18.4 Å². The Bertz CT molecular complexity index is 1190. The molecule has 0 radical (unpaired) electrons. The summed E-state index contributed by atoms with van der Waals surface area (Å²) in [6, 6.07) is 19.8. The second-order valence-corrected chi connectivity index (χ2v) is 9.01. The lowest BCUT2D eigenvalue weighted by molar-refractivity contribution is 0.0734. The number of ether oxygens (including phenoxy) is 2. The van der Waals surface area contributed by atoms with Crippen molar-refractivity contribution in [3.8, 4) is 11.5 Å². The van der Waals surface area contributed by atoms with Gasteiger partial charge in [-0.15, -0.1) is 0 Å². The second kappa shape index (κ2) is 11.3. The number of hydrogen-bond donors (Lipinski definition) is 1. The van der Waals surface area contributed by atoms with Gasteiger partial charge in [0.2, 0.25) is 0 Å². The number of unbranched alkanes of at least 4 members (excludes halogenated alkanes) is 1. The molecule has 1 N–H and O–H groups in total. The monoisotopic (exact) mass is 466 g/mol. The molecule has 0 aromatic heterocycles. The van der Waals surface area contributed by atoms with Crippen LogP contribution < -0.4 is 14.3 Å². The van der Waals surface area contributed by atoms with Crippen molar-refractivity contribution in [2.45, 2.75) is 31.6 Å². The zero-order valence-electron chi connectivity index (χ0n) is 18.5. The maximum absolute atomic E-state index is 12.3. The molecular formula is C25H26N2O5S. The average molecular weight is 467 g/mol. The number of benzene rings is 3. The minimum atomic E-state index is -3.74. The van der Waals surface area contributed by atoms with Gasteiger partial charge in [-0.3, -0.25) is 0 Å². The van der Waals surface area contributed by atoms with Gasteiger partial charge in [0.25, 0.3) is 10.0 Å². The molecular weight excluding hydrogens is 440 g/mol. The first-order chi connectivity index (χ1) is 15.9. The van der Waals surface area contributed by atoms with E-state index in [-0.39, 0.29) is 4.90 Å². The van der Waals surface area contributed by atoms with Crippen LogP contribution in [0, 0.1) is 6.92 Å². The number of sulfonamides is 1. The van der Waals surface area contributed by atoms with Crippen LogP contribution in [0.4, 0.5) is 0 Å². The molecule has 0 aliphatic heterocycles. The molecule has 172 valence electrons. The second-order valence-electron chi connectivity index (χ2n) is 7.35. The van der Waals surface area contributed by atoms with Crippen LogP contribution in [0.15, 0.2) is 82.8 Å². The molecule has 0 aliphatic carbocycles. The number of carbonyl (C=O) groups is 1. The third kappa shape index (κ3) is 7.18. The zero-order valence-corrected chi connectivity index (χ0v) is 19.3. The van der Waals surface area contributed by atoms with Crippen LogP contribution in [0.25, 0.3) is 0 Å². The Hall–Kier alpha value is -3.65. The van der Waals surface area contributed by atoms with Crippen molar-refractivity contribution in [3.63, 3.8) is 0 Å². The lowest BCUT2D eigenvalue weighted by Crippen LogP contribution is -2.18. The fraction of sp³-hybridized carbons (Fsp3) is 0.200. The lowest BCUT2D eigenvalue weighted by Gasteiger charge is -2.07. The Balaban J connectivity index is 1.54. The first-order valence-corrected chi connectivity index (χ1v) is 12.0. The molecule has 3 aromatic carbocycles. The Kier molecular flexibility index (Phi) is 8.21. The van der Waals surface area contributed by atoms with E-state index in [1.165, 1.54) is 18.3 Å². The van der Waals surface area contributed by atoms with Crippen molar-refractivity contribution in [2.24, 2.45) is 5.10 Å². The maximum atomic E-state index is 12.3. The third-order valence-corrected chi connectivity index (χ3v) is 5.90. The molecule has 0 saturated heterocycles. The highest BCUT2D eigenvalue weighted by molar-refractivity contribution is 7.89. The average Bonchev–Trinajstić information content (AvgIpc) is 2.81. The van der Waals surface area contributed by atoms with Gasteiger partial charge < -0.3 is 9.47 Å². The van der Waals surface area contributed by atoms with Crippen LogP contribution in [0.3, 0.4) is 0 Å². The van der Waals surface area contributed by atoms with Crippen molar-refractivity contribution in [1.82, 2.24) is 4.83 Å². The number of rotatable bonds is 10. The fourth-order valence-electron chi connectivity index (χ4n) is 2.75. The smallest absolute Gasteiger partial charge is 0.343 e. The molecule has 0 amide bonds. The molecule has 3 aromatic rings. The summed E-state index contributed by atoms with van der Waals surface area (Å²) >= 11 is 0. The van der Waals surface area contributed by atoms with Crippen molar-refractivity contribution >= 4 is 22.2 Å². The Morgan fingerprint density at radius 3 is 2.21 bits per heavy atom. The third-order valence-electron chi connectivity index (χ3n) is 4.67. The summed E-state index contributed by atoms with van der Waals surface area (Å²) in [4.78, 5) is 14.7. The van der Waals surface area contributed by atoms with E-state index in [1.807, 2.05) is 6.92 Å². The molecule has 0 saturated carbocycles. The molecule has 0 atom stereocenters. The number of esters is 1. The summed E-state index contributed by atoms with van der Waals surface area (Å²) in [5.41, 5.74) is 2.01. The molecule has 7 nitrogen and oxygen atoms in total. The van der Waals surface area contributed by atoms with E-state index in [1.54, 1.807) is 60.7 Å². The number of nitrogens with one attached hydrogen (secondary N) is 1. The molecule has 0 unspecified atom stereocenters. The number of hydrazone groups is 1. The maximum Gasteiger partial charge on any atom is 0.343 e. The minimum Gasteiger partial charge on any atom is -0.494 e. The first kappa shape index (κ1) is 24.0. The van der Waals surface area contributed by atoms with Gasteiger partial charge in [-0.2, -0.15) is 13.5 Å². The van der Waals surface area contributed by atoms with Gasteiger partial charge in [0.05, 0.1) is 23.3 Å². The number of nitrogens with zero attached hydrogens (tertiary/aromatic N) is 1. The van der Waals surface area contributed by atoms with Gasteiger partial charge in [0.15, 0.2) is 0 Å². The molecule has 33 heavy (non-hydrogen) atoms. The largest absolute Gasteiger partial charge is 0.494 e. The predicted molar refractivity (Wildman–Crippen MR) is 127 cm³/mol. The summed E-state index contributed by atoms with van der Waals surface area (Å²) in [6.45, 7) is 4.61. The predicted octanol–water partition coefficient (Wildman–Crippen LogP) is 4.71. The van der Waals surface area contributed by atoms with Crippen LogP contribution in [-0.4, -0.2) is 27.2 Å². The van der Waals surface area contributed by atoms with Crippen LogP contribution >= 0.6 is 0 Å². The molecule has 3 rings (SSSR count). The van der Waals surface area contributed by atoms with Gasteiger partial charge in [-0.1, -0.05) is 31.0 Å². The van der Waals surface area contributed by atoms with Crippen LogP contribution in [-0.2, 0) is 10.0 Å². The summed E-state index contributed by atoms with van der Waals surface area (Å²) in [7, 11) is -3.74. The molecule has 0 bridgehead atoms. The van der Waals surface area contributed by atoms with Gasteiger partial charge in [0, 0.05) is 0 Å². The van der Waals surface area contributed by atoms with E-state index in [4.69, 9.17) is 9.47 Å². The van der Waals surface area contributed by atoms with Gasteiger partial charge >= 0.3 is 5.97 Å². The minimum absolute atomic E-state index is 0.132. The Morgan fingerprint density at radius 1 is 0.939 bits per heavy atom. The molecule has 0 spiro atoms. The number of carbonyl (C=O) groups excluding carboxylic acids is 1.